The zero-order valence-corrected chi connectivity index (χ0v) is 12.1. The van der Waals surface area contributed by atoms with Crippen molar-refractivity contribution in [3.8, 4) is 0 Å². The summed E-state index contributed by atoms with van der Waals surface area (Å²) in [4.78, 5) is 9.60. The van der Waals surface area contributed by atoms with Gasteiger partial charge in [0.2, 0.25) is 0 Å². The van der Waals surface area contributed by atoms with Gasteiger partial charge in [0.1, 0.15) is 17.2 Å². The number of benzene rings is 1. The lowest BCUT2D eigenvalue weighted by Crippen LogP contribution is -2.26. The number of nitrogens with zero attached hydrogens (tertiary/aromatic N) is 3. The van der Waals surface area contributed by atoms with Gasteiger partial charge in [-0.1, -0.05) is 17.7 Å². The Balaban J connectivity index is 2.02. The smallest absolute Gasteiger partial charge is 0.159 e. The SMILES string of the molecule is Nc1ncnc(N2C[C@@H](O)C[C@H]2c2ccc(F)c(F)c2)c1Cl. The maximum Gasteiger partial charge on any atom is 0.159 e. The molecule has 0 unspecified atom stereocenters. The molecule has 1 saturated heterocycles. The van der Waals surface area contributed by atoms with Crippen LogP contribution in [-0.2, 0) is 0 Å². The third-order valence-corrected chi connectivity index (χ3v) is 4.04. The Morgan fingerprint density at radius 1 is 1.27 bits per heavy atom. The molecule has 0 spiro atoms. The van der Waals surface area contributed by atoms with Gasteiger partial charge in [-0.3, -0.25) is 0 Å². The van der Waals surface area contributed by atoms with E-state index >= 15 is 0 Å². The monoisotopic (exact) mass is 326 g/mol. The van der Waals surface area contributed by atoms with Crippen LogP contribution in [0, 0.1) is 11.6 Å². The van der Waals surface area contributed by atoms with E-state index < -0.39 is 17.7 Å². The van der Waals surface area contributed by atoms with Gasteiger partial charge in [-0.2, -0.15) is 0 Å². The minimum Gasteiger partial charge on any atom is -0.391 e. The number of β-amino-alcohol motifs (C(OH)–C–C–N with tert-alkyl or cyclic N) is 1. The molecule has 0 bridgehead atoms. The summed E-state index contributed by atoms with van der Waals surface area (Å²) in [6, 6.07) is 3.27. The van der Waals surface area contributed by atoms with E-state index in [-0.39, 0.29) is 23.4 Å². The lowest BCUT2D eigenvalue weighted by molar-refractivity contribution is 0.194. The van der Waals surface area contributed by atoms with Crippen LogP contribution in [0.25, 0.3) is 0 Å². The highest BCUT2D eigenvalue weighted by Gasteiger charge is 2.34. The molecule has 0 saturated carbocycles. The summed E-state index contributed by atoms with van der Waals surface area (Å²) in [5.74, 6) is -1.37. The number of aliphatic hydroxyl groups is 1. The van der Waals surface area contributed by atoms with Gasteiger partial charge in [-0.15, -0.1) is 0 Å². The lowest BCUT2D eigenvalue weighted by Gasteiger charge is -2.26. The third kappa shape index (κ3) is 2.57. The first kappa shape index (κ1) is 14.9. The maximum absolute atomic E-state index is 13.5. The van der Waals surface area contributed by atoms with Gasteiger partial charge in [0, 0.05) is 6.54 Å². The van der Waals surface area contributed by atoms with Crippen LogP contribution < -0.4 is 10.6 Å². The van der Waals surface area contributed by atoms with Crippen LogP contribution in [0.2, 0.25) is 5.02 Å². The average molecular weight is 327 g/mol. The van der Waals surface area contributed by atoms with Gasteiger partial charge in [0.25, 0.3) is 0 Å². The highest BCUT2D eigenvalue weighted by atomic mass is 35.5. The highest BCUT2D eigenvalue weighted by Crippen LogP contribution is 2.39. The Labute approximate surface area is 130 Å². The number of halogens is 3. The molecular weight excluding hydrogens is 314 g/mol. The molecule has 2 atom stereocenters. The van der Waals surface area contributed by atoms with Gasteiger partial charge in [0.05, 0.1) is 12.1 Å². The van der Waals surface area contributed by atoms with Crippen molar-refractivity contribution >= 4 is 23.2 Å². The molecule has 5 nitrogen and oxygen atoms in total. The molecule has 0 amide bonds. The molecule has 22 heavy (non-hydrogen) atoms. The Morgan fingerprint density at radius 3 is 2.77 bits per heavy atom. The second kappa shape index (κ2) is 5.66. The van der Waals surface area contributed by atoms with Gasteiger partial charge >= 0.3 is 0 Å². The van der Waals surface area contributed by atoms with Gasteiger partial charge in [-0.05, 0) is 24.1 Å². The molecule has 1 aliphatic heterocycles. The number of anilines is 2. The van der Waals surface area contributed by atoms with Crippen molar-refractivity contribution in [2.75, 3.05) is 17.2 Å². The fraction of sp³-hybridized carbons (Fsp3) is 0.286. The van der Waals surface area contributed by atoms with Crippen LogP contribution in [-0.4, -0.2) is 27.7 Å². The molecule has 2 heterocycles. The van der Waals surface area contributed by atoms with Crippen molar-refractivity contribution < 1.29 is 13.9 Å². The van der Waals surface area contributed by atoms with E-state index in [1.54, 1.807) is 4.90 Å². The molecule has 3 N–H and O–H groups in total. The summed E-state index contributed by atoms with van der Waals surface area (Å²) in [6.45, 7) is 0.264. The molecule has 3 rings (SSSR count). The first-order chi connectivity index (χ1) is 10.5. The molecule has 2 aromatic rings. The standard InChI is InChI=1S/C14H13ClF2N4O/c15-12-13(18)19-6-20-14(12)21-5-8(22)4-11(21)7-1-2-9(16)10(17)3-7/h1-3,6,8,11,22H,4-5H2,(H2,18,19,20)/t8-,11-/m0/s1. The van der Waals surface area contributed by atoms with Crippen molar-refractivity contribution in [3.63, 3.8) is 0 Å². The van der Waals surface area contributed by atoms with Crippen molar-refractivity contribution in [2.24, 2.45) is 0 Å². The molecule has 0 radical (unpaired) electrons. The van der Waals surface area contributed by atoms with E-state index in [1.807, 2.05) is 0 Å². The lowest BCUT2D eigenvalue weighted by atomic mass is 10.0. The van der Waals surface area contributed by atoms with Crippen LogP contribution in [0.3, 0.4) is 0 Å². The van der Waals surface area contributed by atoms with Gasteiger partial charge in [0.15, 0.2) is 17.5 Å². The molecule has 1 aliphatic rings. The largest absolute Gasteiger partial charge is 0.391 e. The van der Waals surface area contributed by atoms with Crippen molar-refractivity contribution in [3.05, 3.63) is 46.7 Å². The fourth-order valence-electron chi connectivity index (χ4n) is 2.66. The second-order valence-electron chi connectivity index (χ2n) is 5.13. The summed E-state index contributed by atoms with van der Waals surface area (Å²) in [5, 5.41) is 10.1. The predicted molar refractivity (Wildman–Crippen MR) is 78.5 cm³/mol. The maximum atomic E-state index is 13.5. The van der Waals surface area contributed by atoms with E-state index in [1.165, 1.54) is 12.4 Å². The zero-order valence-electron chi connectivity index (χ0n) is 11.4. The molecule has 1 aromatic heterocycles. The van der Waals surface area contributed by atoms with E-state index in [0.29, 0.717) is 17.8 Å². The summed E-state index contributed by atoms with van der Waals surface area (Å²) in [6.07, 6.45) is 0.986. The van der Waals surface area contributed by atoms with Crippen molar-refractivity contribution in [1.29, 1.82) is 0 Å². The highest BCUT2D eigenvalue weighted by molar-refractivity contribution is 6.35. The normalized spacial score (nSPS) is 21.4. The number of nitrogen functional groups attached to an aromatic ring is 1. The van der Waals surface area contributed by atoms with Crippen LogP contribution in [0.15, 0.2) is 24.5 Å². The summed E-state index contributed by atoms with van der Waals surface area (Å²) < 4.78 is 26.6. The fourth-order valence-corrected chi connectivity index (χ4v) is 2.86. The Bertz CT molecular complexity index is 715. The minimum absolute atomic E-state index is 0.122. The number of hydrogen-bond acceptors (Lipinski definition) is 5. The van der Waals surface area contributed by atoms with Crippen LogP contribution >= 0.6 is 11.6 Å². The van der Waals surface area contributed by atoms with E-state index in [4.69, 9.17) is 17.3 Å². The van der Waals surface area contributed by atoms with Crippen LogP contribution in [0.1, 0.15) is 18.0 Å². The number of hydrogen-bond donors (Lipinski definition) is 2. The molecule has 8 heteroatoms. The molecule has 116 valence electrons. The first-order valence-electron chi connectivity index (χ1n) is 6.63. The Hall–Kier alpha value is -1.99. The topological polar surface area (TPSA) is 75.3 Å². The third-order valence-electron chi connectivity index (χ3n) is 3.68. The summed E-state index contributed by atoms with van der Waals surface area (Å²) in [5.41, 5.74) is 6.20. The number of aliphatic hydroxyl groups excluding tert-OH is 1. The van der Waals surface area contributed by atoms with Gasteiger partial charge in [-0.25, -0.2) is 18.7 Å². The molecule has 1 fully saturated rings. The zero-order chi connectivity index (χ0) is 15.9. The van der Waals surface area contributed by atoms with Gasteiger partial charge < -0.3 is 15.7 Å². The van der Waals surface area contributed by atoms with Crippen LogP contribution in [0.4, 0.5) is 20.4 Å². The quantitative estimate of drug-likeness (QED) is 0.885. The van der Waals surface area contributed by atoms with E-state index in [9.17, 15) is 13.9 Å². The van der Waals surface area contributed by atoms with Crippen molar-refractivity contribution in [2.45, 2.75) is 18.6 Å². The Morgan fingerprint density at radius 2 is 2.05 bits per heavy atom. The second-order valence-corrected chi connectivity index (χ2v) is 5.51. The first-order valence-corrected chi connectivity index (χ1v) is 7.00. The van der Waals surface area contributed by atoms with Crippen LogP contribution in [0.5, 0.6) is 0 Å². The van der Waals surface area contributed by atoms with E-state index in [0.717, 1.165) is 12.1 Å². The number of nitrogens with two attached hydrogens (primary N) is 1. The average Bonchev–Trinajstić information content (AvgIpc) is 2.86. The number of aromatic nitrogens is 2. The Kier molecular flexibility index (Phi) is 3.84. The molecule has 0 aliphatic carbocycles. The summed E-state index contributed by atoms with van der Waals surface area (Å²) in [7, 11) is 0. The van der Waals surface area contributed by atoms with Crippen molar-refractivity contribution in [1.82, 2.24) is 9.97 Å². The predicted octanol–water partition coefficient (Wildman–Crippen LogP) is 2.30. The van der Waals surface area contributed by atoms with E-state index in [2.05, 4.69) is 9.97 Å². The molecule has 1 aromatic carbocycles. The summed E-state index contributed by atoms with van der Waals surface area (Å²) >= 11 is 6.12. The number of rotatable bonds is 2. The minimum atomic E-state index is -0.938. The molecular formula is C14H13ClF2N4O.